The minimum atomic E-state index is -0.994. The number of rotatable bonds is 4. The molecule has 5 nitrogen and oxygen atoms in total. The van der Waals surface area contributed by atoms with Gasteiger partial charge in [-0.1, -0.05) is 6.92 Å². The molecular formula is C19H25NO4S. The van der Waals surface area contributed by atoms with E-state index in [0.29, 0.717) is 37.3 Å². The summed E-state index contributed by atoms with van der Waals surface area (Å²) in [5.74, 6) is -0.0890. The molecule has 2 aliphatic carbocycles. The van der Waals surface area contributed by atoms with Gasteiger partial charge in [-0.25, -0.2) is 4.79 Å². The molecule has 1 amide bonds. The molecule has 2 aliphatic rings. The van der Waals surface area contributed by atoms with Crippen molar-refractivity contribution in [1.29, 1.82) is 0 Å². The molecule has 6 heteroatoms. The van der Waals surface area contributed by atoms with Crippen LogP contribution in [0.15, 0.2) is 11.4 Å². The third kappa shape index (κ3) is 3.94. The second-order valence-corrected chi connectivity index (χ2v) is 8.29. The van der Waals surface area contributed by atoms with Crippen LogP contribution < -0.4 is 4.90 Å². The van der Waals surface area contributed by atoms with Crippen LogP contribution in [0.2, 0.25) is 0 Å². The summed E-state index contributed by atoms with van der Waals surface area (Å²) in [6.07, 6.45) is 6.03. The molecule has 1 N–H and O–H groups in total. The van der Waals surface area contributed by atoms with Gasteiger partial charge in [-0.2, -0.15) is 0 Å². The van der Waals surface area contributed by atoms with E-state index in [-0.39, 0.29) is 28.5 Å². The van der Waals surface area contributed by atoms with Gasteiger partial charge < -0.3 is 10.0 Å². The fourth-order valence-corrected chi connectivity index (χ4v) is 4.76. The Labute approximate surface area is 152 Å². The molecule has 0 aromatic carbocycles. The predicted molar refractivity (Wildman–Crippen MR) is 97.1 cm³/mol. The van der Waals surface area contributed by atoms with E-state index in [9.17, 15) is 19.5 Å². The van der Waals surface area contributed by atoms with Gasteiger partial charge in [0.05, 0.1) is 5.69 Å². The van der Waals surface area contributed by atoms with Gasteiger partial charge >= 0.3 is 5.97 Å². The zero-order chi connectivity index (χ0) is 18.0. The van der Waals surface area contributed by atoms with Crippen molar-refractivity contribution in [3.05, 3.63) is 16.3 Å². The Hall–Kier alpha value is -1.69. The maximum Gasteiger partial charge on any atom is 0.348 e. The summed E-state index contributed by atoms with van der Waals surface area (Å²) in [4.78, 5) is 38.4. The van der Waals surface area contributed by atoms with Crippen molar-refractivity contribution in [2.24, 2.45) is 11.8 Å². The quantitative estimate of drug-likeness (QED) is 0.873. The van der Waals surface area contributed by atoms with E-state index >= 15 is 0 Å². The number of aromatic carboxylic acids is 1. The van der Waals surface area contributed by atoms with Gasteiger partial charge in [0.1, 0.15) is 10.7 Å². The molecule has 0 saturated heterocycles. The highest BCUT2D eigenvalue weighted by Crippen LogP contribution is 2.36. The normalized spacial score (nSPS) is 24.9. The lowest BCUT2D eigenvalue weighted by Gasteiger charge is -2.37. The Bertz CT molecular complexity index is 650. The van der Waals surface area contributed by atoms with Crippen molar-refractivity contribution in [3.8, 4) is 0 Å². The zero-order valence-corrected chi connectivity index (χ0v) is 15.4. The van der Waals surface area contributed by atoms with E-state index in [1.165, 1.54) is 0 Å². The lowest BCUT2D eigenvalue weighted by atomic mass is 9.81. The van der Waals surface area contributed by atoms with Crippen LogP contribution in [0.4, 0.5) is 5.69 Å². The van der Waals surface area contributed by atoms with Crippen LogP contribution in [0, 0.1) is 11.8 Å². The maximum absolute atomic E-state index is 13.3. The second kappa shape index (κ2) is 7.68. The van der Waals surface area contributed by atoms with Crippen LogP contribution in [0.5, 0.6) is 0 Å². The topological polar surface area (TPSA) is 74.7 Å². The molecule has 0 aliphatic heterocycles. The molecule has 2 saturated carbocycles. The van der Waals surface area contributed by atoms with Crippen LogP contribution in [0.1, 0.15) is 68.0 Å². The smallest absolute Gasteiger partial charge is 0.348 e. The predicted octanol–water partition coefficient (Wildman–Crippen LogP) is 4.12. The van der Waals surface area contributed by atoms with Crippen LogP contribution in [-0.2, 0) is 9.59 Å². The summed E-state index contributed by atoms with van der Waals surface area (Å²) in [6.45, 7) is 2.21. The molecule has 3 rings (SSSR count). The molecular weight excluding hydrogens is 338 g/mol. The monoisotopic (exact) mass is 363 g/mol. The van der Waals surface area contributed by atoms with Crippen molar-refractivity contribution >= 4 is 34.7 Å². The lowest BCUT2D eigenvalue weighted by molar-refractivity contribution is -0.125. The summed E-state index contributed by atoms with van der Waals surface area (Å²) in [5, 5.41) is 11.2. The molecule has 1 aromatic heterocycles. The van der Waals surface area contributed by atoms with Crippen molar-refractivity contribution in [2.45, 2.75) is 64.3 Å². The lowest BCUT2D eigenvalue weighted by Crippen LogP contribution is -2.46. The van der Waals surface area contributed by atoms with Crippen LogP contribution >= 0.6 is 11.3 Å². The Morgan fingerprint density at radius 1 is 1.12 bits per heavy atom. The number of hydrogen-bond donors (Lipinski definition) is 1. The van der Waals surface area contributed by atoms with Gasteiger partial charge in [-0.15, -0.1) is 11.3 Å². The maximum atomic E-state index is 13.3. The number of carboxylic acid groups (broad SMARTS) is 1. The third-order valence-electron chi connectivity index (χ3n) is 5.58. The fraction of sp³-hybridized carbons (Fsp3) is 0.632. The molecule has 1 aromatic rings. The molecule has 25 heavy (non-hydrogen) atoms. The molecule has 2 fully saturated rings. The fourth-order valence-electron chi connectivity index (χ4n) is 4.03. The van der Waals surface area contributed by atoms with Gasteiger partial charge in [0.25, 0.3) is 0 Å². The third-order valence-corrected chi connectivity index (χ3v) is 6.47. The standard InChI is InChI=1S/C19H25NO4S/c1-12-2-4-13(5-3-12)18(22)20(14-6-8-15(21)9-7-14)16-10-11-25-17(16)19(23)24/h10-14H,2-9H2,1H3,(H,23,24). The Kier molecular flexibility index (Phi) is 5.57. The number of amides is 1. The van der Waals surface area contributed by atoms with Crippen LogP contribution in [-0.4, -0.2) is 28.8 Å². The number of Topliss-reactive ketones (excluding diaryl/α,β-unsaturated/α-hetero) is 1. The highest BCUT2D eigenvalue weighted by molar-refractivity contribution is 7.12. The second-order valence-electron chi connectivity index (χ2n) is 7.38. The summed E-state index contributed by atoms with van der Waals surface area (Å²) in [5.41, 5.74) is 0.514. The Balaban J connectivity index is 1.88. The first-order valence-corrected chi connectivity index (χ1v) is 10.0. The number of nitrogens with zero attached hydrogens (tertiary/aromatic N) is 1. The SMILES string of the molecule is CC1CCC(C(=O)N(c2ccsc2C(=O)O)C2CCC(=O)CC2)CC1. The molecule has 0 bridgehead atoms. The summed E-state index contributed by atoms with van der Waals surface area (Å²) < 4.78 is 0. The van der Waals surface area contributed by atoms with Crippen molar-refractivity contribution in [1.82, 2.24) is 0 Å². The van der Waals surface area contributed by atoms with E-state index < -0.39 is 5.97 Å². The van der Waals surface area contributed by atoms with Crippen molar-refractivity contribution < 1.29 is 19.5 Å². The number of anilines is 1. The van der Waals surface area contributed by atoms with E-state index in [2.05, 4.69) is 6.92 Å². The number of ketones is 1. The number of carbonyl (C=O) groups excluding carboxylic acids is 2. The molecule has 136 valence electrons. The van der Waals surface area contributed by atoms with Gasteiger partial charge in [-0.05, 0) is 55.9 Å². The highest BCUT2D eigenvalue weighted by atomic mass is 32.1. The van der Waals surface area contributed by atoms with Crippen LogP contribution in [0.25, 0.3) is 0 Å². The summed E-state index contributed by atoms with van der Waals surface area (Å²) in [6, 6.07) is 1.67. The van der Waals surface area contributed by atoms with E-state index in [1.54, 1.807) is 16.3 Å². The molecule has 1 heterocycles. The Morgan fingerprint density at radius 3 is 2.36 bits per heavy atom. The summed E-state index contributed by atoms with van der Waals surface area (Å²) in [7, 11) is 0. The van der Waals surface area contributed by atoms with Crippen molar-refractivity contribution in [2.75, 3.05) is 4.90 Å². The van der Waals surface area contributed by atoms with Gasteiger partial charge in [0.15, 0.2) is 0 Å². The molecule has 0 atom stereocenters. The first-order chi connectivity index (χ1) is 12.0. The average Bonchev–Trinajstić information content (AvgIpc) is 3.07. The Morgan fingerprint density at radius 2 is 1.76 bits per heavy atom. The first-order valence-electron chi connectivity index (χ1n) is 9.13. The number of carboxylic acids is 1. The van der Waals surface area contributed by atoms with Crippen LogP contribution in [0.3, 0.4) is 0 Å². The number of thiophene rings is 1. The molecule has 0 spiro atoms. The summed E-state index contributed by atoms with van der Waals surface area (Å²) >= 11 is 1.15. The first kappa shape index (κ1) is 18.1. The van der Waals surface area contributed by atoms with Gasteiger partial charge in [0, 0.05) is 24.8 Å². The zero-order valence-electron chi connectivity index (χ0n) is 14.6. The minimum absolute atomic E-state index is 0.0321. The van der Waals surface area contributed by atoms with E-state index in [1.807, 2.05) is 0 Å². The minimum Gasteiger partial charge on any atom is -0.477 e. The molecule has 0 unspecified atom stereocenters. The molecule has 0 radical (unpaired) electrons. The largest absolute Gasteiger partial charge is 0.477 e. The van der Waals surface area contributed by atoms with E-state index in [4.69, 9.17) is 0 Å². The van der Waals surface area contributed by atoms with Gasteiger partial charge in [0.2, 0.25) is 5.91 Å². The average molecular weight is 363 g/mol. The number of carbonyl (C=O) groups is 3. The number of hydrogen-bond acceptors (Lipinski definition) is 4. The van der Waals surface area contributed by atoms with Gasteiger partial charge in [-0.3, -0.25) is 9.59 Å². The highest BCUT2D eigenvalue weighted by Gasteiger charge is 2.36. The van der Waals surface area contributed by atoms with E-state index in [0.717, 1.165) is 37.0 Å². The van der Waals surface area contributed by atoms with Crippen molar-refractivity contribution in [3.63, 3.8) is 0 Å².